The molecule has 0 radical (unpaired) electrons. The topological polar surface area (TPSA) is 58.9 Å². The van der Waals surface area contributed by atoms with E-state index in [1.807, 2.05) is 36.6 Å². The van der Waals surface area contributed by atoms with Gasteiger partial charge in [0.25, 0.3) is 0 Å². The fraction of sp³-hybridized carbons (Fsp3) is 0.267. The van der Waals surface area contributed by atoms with E-state index >= 15 is 0 Å². The van der Waals surface area contributed by atoms with Crippen LogP contribution in [0.4, 0.5) is 0 Å². The maximum atomic E-state index is 4.51. The lowest BCUT2D eigenvalue weighted by Gasteiger charge is -2.07. The zero-order chi connectivity index (χ0) is 13.9. The van der Waals surface area contributed by atoms with Crippen molar-refractivity contribution in [2.75, 3.05) is 0 Å². The number of rotatable bonds is 3. The molecule has 0 saturated carbocycles. The number of benzene rings is 1. The minimum Gasteiger partial charge on any atom is -0.340 e. The molecule has 2 aromatic heterocycles. The van der Waals surface area contributed by atoms with Crippen LogP contribution in [0, 0.1) is 0 Å². The van der Waals surface area contributed by atoms with E-state index in [-0.39, 0.29) is 6.04 Å². The van der Waals surface area contributed by atoms with Gasteiger partial charge in [-0.05, 0) is 19.4 Å². The van der Waals surface area contributed by atoms with Gasteiger partial charge in [0.2, 0.25) is 0 Å². The average Bonchev–Trinajstić information content (AvgIpc) is 2.92. The van der Waals surface area contributed by atoms with E-state index in [0.717, 1.165) is 23.2 Å². The van der Waals surface area contributed by atoms with Crippen LogP contribution in [0.15, 0.2) is 48.0 Å². The van der Waals surface area contributed by atoms with Gasteiger partial charge in [0.15, 0.2) is 11.1 Å². The Bertz CT molecular complexity index is 768. The highest BCUT2D eigenvalue weighted by Gasteiger charge is 2.06. The van der Waals surface area contributed by atoms with E-state index in [9.17, 15) is 0 Å². The van der Waals surface area contributed by atoms with Crippen LogP contribution in [0.1, 0.15) is 19.4 Å². The summed E-state index contributed by atoms with van der Waals surface area (Å²) in [4.78, 5) is 16.5. The van der Waals surface area contributed by atoms with Crippen LogP contribution in [0.5, 0.6) is 0 Å². The third kappa shape index (κ3) is 2.47. The van der Waals surface area contributed by atoms with Gasteiger partial charge in [0, 0.05) is 6.04 Å². The van der Waals surface area contributed by atoms with Crippen molar-refractivity contribution in [2.24, 2.45) is 4.99 Å². The van der Waals surface area contributed by atoms with Gasteiger partial charge in [0.05, 0.1) is 19.2 Å². The lowest BCUT2D eigenvalue weighted by molar-refractivity contribution is 0.759. The second kappa shape index (κ2) is 5.28. The molecule has 1 N–H and O–H groups in total. The molecule has 2 heterocycles. The number of H-pyrrole nitrogens is 1. The first-order chi connectivity index (χ1) is 9.74. The molecule has 0 aliphatic carbocycles. The van der Waals surface area contributed by atoms with Crippen LogP contribution in [-0.4, -0.2) is 25.6 Å². The molecule has 0 saturated heterocycles. The van der Waals surface area contributed by atoms with Gasteiger partial charge < -0.3 is 9.55 Å². The van der Waals surface area contributed by atoms with Crippen molar-refractivity contribution in [1.82, 2.24) is 19.5 Å². The maximum Gasteiger partial charge on any atom is 0.176 e. The Balaban J connectivity index is 2.08. The molecule has 102 valence electrons. The summed E-state index contributed by atoms with van der Waals surface area (Å²) >= 11 is 0. The van der Waals surface area contributed by atoms with Crippen molar-refractivity contribution >= 4 is 11.2 Å². The number of hydrogen-bond donors (Lipinski definition) is 1. The third-order valence-corrected chi connectivity index (χ3v) is 3.01. The fourth-order valence-corrected chi connectivity index (χ4v) is 2.15. The molecular formula is C15H17N5. The Morgan fingerprint density at radius 3 is 2.75 bits per heavy atom. The van der Waals surface area contributed by atoms with Gasteiger partial charge >= 0.3 is 0 Å². The Kier molecular flexibility index (Phi) is 3.33. The number of hydrogen-bond acceptors (Lipinski definition) is 3. The van der Waals surface area contributed by atoms with Crippen molar-refractivity contribution in [1.29, 1.82) is 0 Å². The Morgan fingerprint density at radius 2 is 2.00 bits per heavy atom. The average molecular weight is 267 g/mol. The summed E-state index contributed by atoms with van der Waals surface area (Å²) in [5.41, 5.74) is 3.70. The molecule has 0 aliphatic heterocycles. The predicted molar refractivity (Wildman–Crippen MR) is 78.1 cm³/mol. The van der Waals surface area contributed by atoms with Crippen LogP contribution in [0.3, 0.4) is 0 Å². The van der Waals surface area contributed by atoms with E-state index in [0.29, 0.717) is 0 Å². The van der Waals surface area contributed by atoms with Crippen LogP contribution in [0.2, 0.25) is 0 Å². The monoisotopic (exact) mass is 267 g/mol. The largest absolute Gasteiger partial charge is 0.340 e. The first-order valence-electron chi connectivity index (χ1n) is 6.70. The number of nitrogens with one attached hydrogen (secondary N) is 1. The van der Waals surface area contributed by atoms with Crippen molar-refractivity contribution in [3.05, 3.63) is 54.0 Å². The van der Waals surface area contributed by atoms with Crippen molar-refractivity contribution < 1.29 is 0 Å². The fourth-order valence-electron chi connectivity index (χ4n) is 2.15. The molecule has 0 unspecified atom stereocenters. The zero-order valence-electron chi connectivity index (χ0n) is 11.6. The lowest BCUT2D eigenvalue weighted by Crippen LogP contribution is -2.16. The van der Waals surface area contributed by atoms with Crippen LogP contribution < -0.4 is 5.49 Å². The van der Waals surface area contributed by atoms with Crippen LogP contribution in [0.25, 0.3) is 11.2 Å². The molecule has 5 heteroatoms. The minimum atomic E-state index is 0.207. The Labute approximate surface area is 117 Å². The maximum absolute atomic E-state index is 4.51. The normalized spacial score (nSPS) is 12.4. The highest BCUT2D eigenvalue weighted by atomic mass is 15.1. The van der Waals surface area contributed by atoms with Gasteiger partial charge in [-0.25, -0.2) is 9.97 Å². The molecule has 0 spiro atoms. The van der Waals surface area contributed by atoms with E-state index in [2.05, 4.69) is 32.1 Å². The first kappa shape index (κ1) is 12.6. The molecular weight excluding hydrogens is 250 g/mol. The van der Waals surface area contributed by atoms with Crippen LogP contribution in [-0.2, 0) is 6.54 Å². The number of nitrogens with zero attached hydrogens (tertiary/aromatic N) is 4. The zero-order valence-corrected chi connectivity index (χ0v) is 11.6. The van der Waals surface area contributed by atoms with Gasteiger partial charge in [-0.15, -0.1) is 0 Å². The van der Waals surface area contributed by atoms with Gasteiger partial charge in [-0.1, -0.05) is 30.3 Å². The first-order valence-corrected chi connectivity index (χ1v) is 6.70. The molecule has 1 aromatic carbocycles. The van der Waals surface area contributed by atoms with Gasteiger partial charge in [-0.2, -0.15) is 0 Å². The molecule has 0 amide bonds. The standard InChI is InChI=1S/C15H17N5/c1-11(2)19-14-13-15(17-9-16-13)20(10-18-14)8-12-6-4-3-5-7-12/h3-7,9-11H,8H2,1-2H3,(H,16,17). The van der Waals surface area contributed by atoms with Crippen molar-refractivity contribution in [3.8, 4) is 0 Å². The molecule has 0 bridgehead atoms. The minimum absolute atomic E-state index is 0.207. The predicted octanol–water partition coefficient (Wildman–Crippen LogP) is 2.12. The van der Waals surface area contributed by atoms with Crippen molar-refractivity contribution in [2.45, 2.75) is 26.4 Å². The van der Waals surface area contributed by atoms with E-state index in [4.69, 9.17) is 0 Å². The molecule has 5 nitrogen and oxygen atoms in total. The second-order valence-electron chi connectivity index (χ2n) is 5.01. The molecule has 0 atom stereocenters. The number of fused-ring (bicyclic) bond motifs is 1. The van der Waals surface area contributed by atoms with Gasteiger partial charge in [0.1, 0.15) is 5.52 Å². The van der Waals surface area contributed by atoms with Crippen molar-refractivity contribution in [3.63, 3.8) is 0 Å². The molecule has 0 aliphatic rings. The van der Waals surface area contributed by atoms with E-state index < -0.39 is 0 Å². The summed E-state index contributed by atoms with van der Waals surface area (Å²) in [6, 6.07) is 10.5. The summed E-state index contributed by atoms with van der Waals surface area (Å²) in [7, 11) is 0. The SMILES string of the molecule is CC(C)N=c1ncn(Cc2ccccc2)c2nc[nH]c12. The number of aromatic nitrogens is 4. The highest BCUT2D eigenvalue weighted by molar-refractivity contribution is 5.68. The van der Waals surface area contributed by atoms with E-state index in [1.165, 1.54) is 5.56 Å². The lowest BCUT2D eigenvalue weighted by atomic mass is 10.2. The Hall–Kier alpha value is -2.43. The van der Waals surface area contributed by atoms with Gasteiger partial charge in [-0.3, -0.25) is 4.99 Å². The summed E-state index contributed by atoms with van der Waals surface area (Å²) in [5.74, 6) is 0. The summed E-state index contributed by atoms with van der Waals surface area (Å²) in [6.45, 7) is 4.82. The molecule has 3 rings (SSSR count). The van der Waals surface area contributed by atoms with E-state index in [1.54, 1.807) is 12.7 Å². The summed E-state index contributed by atoms with van der Waals surface area (Å²) in [6.07, 6.45) is 3.49. The third-order valence-electron chi connectivity index (χ3n) is 3.01. The molecule has 3 aromatic rings. The summed E-state index contributed by atoms with van der Waals surface area (Å²) < 4.78 is 2.03. The Morgan fingerprint density at radius 1 is 1.20 bits per heavy atom. The number of aromatic amines is 1. The smallest absolute Gasteiger partial charge is 0.176 e. The number of imidazole rings is 1. The molecule has 20 heavy (non-hydrogen) atoms. The molecule has 0 fully saturated rings. The second-order valence-corrected chi connectivity index (χ2v) is 5.01. The van der Waals surface area contributed by atoms with Crippen LogP contribution >= 0.6 is 0 Å². The quantitative estimate of drug-likeness (QED) is 0.790. The highest BCUT2D eigenvalue weighted by Crippen LogP contribution is 2.07. The summed E-state index contributed by atoms with van der Waals surface area (Å²) in [5, 5.41) is 0.